The fraction of sp³-hybridized carbons (Fsp3) is 0.467. The lowest BCUT2D eigenvalue weighted by Gasteiger charge is -2.31. The molecule has 5 nitrogen and oxygen atoms in total. The molecule has 2 aliphatic rings. The Kier molecular flexibility index (Phi) is 4.17. The predicted octanol–water partition coefficient (Wildman–Crippen LogP) is 1.45. The van der Waals surface area contributed by atoms with E-state index < -0.39 is 5.54 Å². The number of piperidine rings is 1. The van der Waals surface area contributed by atoms with Crippen LogP contribution in [0.1, 0.15) is 12.8 Å². The maximum atomic E-state index is 12.5. The molecule has 21 heavy (non-hydrogen) atoms. The van der Waals surface area contributed by atoms with Crippen LogP contribution in [0, 0.1) is 0 Å². The van der Waals surface area contributed by atoms with Crippen molar-refractivity contribution in [3.8, 4) is 0 Å². The number of imide groups is 1. The van der Waals surface area contributed by atoms with Gasteiger partial charge in [0.15, 0.2) is 0 Å². The molecule has 2 heterocycles. The van der Waals surface area contributed by atoms with E-state index in [1.165, 1.54) is 4.90 Å². The highest BCUT2D eigenvalue weighted by molar-refractivity contribution is 7.99. The third kappa shape index (κ3) is 2.91. The van der Waals surface area contributed by atoms with Gasteiger partial charge in [0.05, 0.1) is 0 Å². The molecule has 0 atom stereocenters. The third-order valence-electron chi connectivity index (χ3n) is 4.03. The normalized spacial score (nSPS) is 20.9. The van der Waals surface area contributed by atoms with Crippen molar-refractivity contribution in [1.82, 2.24) is 15.5 Å². The molecule has 1 aromatic carbocycles. The highest BCUT2D eigenvalue weighted by Gasteiger charge is 2.50. The van der Waals surface area contributed by atoms with E-state index in [2.05, 4.69) is 10.6 Å². The number of nitrogens with one attached hydrogen (secondary N) is 2. The van der Waals surface area contributed by atoms with E-state index in [0.29, 0.717) is 19.4 Å². The lowest BCUT2D eigenvalue weighted by molar-refractivity contribution is -0.132. The van der Waals surface area contributed by atoms with Gasteiger partial charge in [-0.2, -0.15) is 0 Å². The first-order valence-electron chi connectivity index (χ1n) is 7.24. The van der Waals surface area contributed by atoms with Crippen molar-refractivity contribution in [2.75, 3.05) is 25.4 Å². The first-order chi connectivity index (χ1) is 10.2. The molecule has 1 spiro atoms. The van der Waals surface area contributed by atoms with Crippen LogP contribution in [0.5, 0.6) is 0 Å². The molecule has 0 radical (unpaired) electrons. The number of nitrogens with zero attached hydrogens (tertiary/aromatic N) is 1. The van der Waals surface area contributed by atoms with Gasteiger partial charge >= 0.3 is 6.03 Å². The molecule has 3 rings (SSSR count). The van der Waals surface area contributed by atoms with Crippen LogP contribution in [0.4, 0.5) is 4.79 Å². The van der Waals surface area contributed by atoms with Gasteiger partial charge in [-0.25, -0.2) is 4.79 Å². The highest BCUT2D eigenvalue weighted by Crippen LogP contribution is 2.27. The van der Waals surface area contributed by atoms with Crippen molar-refractivity contribution in [3.05, 3.63) is 30.3 Å². The molecular formula is C15H19N3O2S. The van der Waals surface area contributed by atoms with Crippen LogP contribution in [0.2, 0.25) is 0 Å². The van der Waals surface area contributed by atoms with Crippen molar-refractivity contribution >= 4 is 23.7 Å². The zero-order valence-corrected chi connectivity index (χ0v) is 12.6. The molecule has 112 valence electrons. The van der Waals surface area contributed by atoms with Crippen molar-refractivity contribution in [1.29, 1.82) is 0 Å². The number of rotatable bonds is 4. The lowest BCUT2D eigenvalue weighted by Crippen LogP contribution is -2.53. The van der Waals surface area contributed by atoms with E-state index in [1.807, 2.05) is 30.3 Å². The van der Waals surface area contributed by atoms with Crippen LogP contribution in [0.15, 0.2) is 35.2 Å². The van der Waals surface area contributed by atoms with Crippen molar-refractivity contribution in [2.45, 2.75) is 23.3 Å². The number of hydrogen-bond acceptors (Lipinski definition) is 4. The molecule has 0 unspecified atom stereocenters. The molecule has 2 N–H and O–H groups in total. The zero-order valence-electron chi connectivity index (χ0n) is 11.8. The first kappa shape index (κ1) is 14.4. The van der Waals surface area contributed by atoms with Gasteiger partial charge in [0, 0.05) is 17.2 Å². The minimum Gasteiger partial charge on any atom is -0.323 e. The Labute approximate surface area is 128 Å². The molecule has 2 fully saturated rings. The molecule has 2 aliphatic heterocycles. The molecule has 0 aliphatic carbocycles. The molecular weight excluding hydrogens is 286 g/mol. The number of hydrogen-bond donors (Lipinski definition) is 2. The molecule has 0 bridgehead atoms. The molecule has 0 saturated carbocycles. The Bertz CT molecular complexity index is 529. The predicted molar refractivity (Wildman–Crippen MR) is 82.2 cm³/mol. The number of benzene rings is 1. The van der Waals surface area contributed by atoms with Crippen molar-refractivity contribution in [2.24, 2.45) is 0 Å². The molecule has 1 aromatic rings. The lowest BCUT2D eigenvalue weighted by atomic mass is 9.88. The van der Waals surface area contributed by atoms with E-state index in [9.17, 15) is 9.59 Å². The standard InChI is InChI=1S/C15H19N3O2S/c19-13-15(6-8-16-9-7-15)17-14(20)18(13)10-11-21-12-4-2-1-3-5-12/h1-5,16H,6-11H2,(H,17,20). The van der Waals surface area contributed by atoms with Crippen molar-refractivity contribution in [3.63, 3.8) is 0 Å². The average Bonchev–Trinajstić information content (AvgIpc) is 2.73. The SMILES string of the molecule is O=C1NC2(CCNCC2)C(=O)N1CCSc1ccccc1. The Morgan fingerprint density at radius 2 is 1.86 bits per heavy atom. The number of urea groups is 1. The van der Waals surface area contributed by atoms with Gasteiger partial charge in [-0.15, -0.1) is 11.8 Å². The van der Waals surface area contributed by atoms with E-state index in [-0.39, 0.29) is 11.9 Å². The van der Waals surface area contributed by atoms with Crippen LogP contribution in [0.25, 0.3) is 0 Å². The number of carbonyl (C=O) groups is 2. The Balaban J connectivity index is 1.58. The molecule has 0 aromatic heterocycles. The fourth-order valence-corrected chi connectivity index (χ4v) is 3.70. The van der Waals surface area contributed by atoms with Gasteiger partial charge in [0.2, 0.25) is 0 Å². The minimum absolute atomic E-state index is 0.0531. The van der Waals surface area contributed by atoms with Crippen LogP contribution in [-0.2, 0) is 4.79 Å². The summed E-state index contributed by atoms with van der Waals surface area (Å²) in [5, 5.41) is 6.13. The summed E-state index contributed by atoms with van der Waals surface area (Å²) in [6.07, 6.45) is 1.36. The second kappa shape index (κ2) is 6.07. The Morgan fingerprint density at radius 3 is 2.57 bits per heavy atom. The van der Waals surface area contributed by atoms with Gasteiger partial charge in [0.1, 0.15) is 5.54 Å². The summed E-state index contributed by atoms with van der Waals surface area (Å²) in [7, 11) is 0. The highest BCUT2D eigenvalue weighted by atomic mass is 32.2. The summed E-state index contributed by atoms with van der Waals surface area (Å²) in [5.41, 5.74) is -0.653. The van der Waals surface area contributed by atoms with Crippen LogP contribution in [-0.4, -0.2) is 47.8 Å². The van der Waals surface area contributed by atoms with Gasteiger partial charge in [-0.1, -0.05) is 18.2 Å². The quantitative estimate of drug-likeness (QED) is 0.653. The monoisotopic (exact) mass is 305 g/mol. The van der Waals surface area contributed by atoms with E-state index in [1.54, 1.807) is 11.8 Å². The maximum Gasteiger partial charge on any atom is 0.325 e. The Morgan fingerprint density at radius 1 is 1.14 bits per heavy atom. The van der Waals surface area contributed by atoms with E-state index >= 15 is 0 Å². The van der Waals surface area contributed by atoms with Crippen LogP contribution >= 0.6 is 11.8 Å². The molecule has 2 saturated heterocycles. The summed E-state index contributed by atoms with van der Waals surface area (Å²) < 4.78 is 0. The maximum absolute atomic E-state index is 12.5. The first-order valence-corrected chi connectivity index (χ1v) is 8.22. The minimum atomic E-state index is -0.653. The summed E-state index contributed by atoms with van der Waals surface area (Å²) >= 11 is 1.66. The van der Waals surface area contributed by atoms with Gasteiger partial charge in [-0.3, -0.25) is 9.69 Å². The summed E-state index contributed by atoms with van der Waals surface area (Å²) in [4.78, 5) is 27.1. The van der Waals surface area contributed by atoms with Crippen LogP contribution < -0.4 is 10.6 Å². The second-order valence-corrected chi connectivity index (χ2v) is 6.55. The summed E-state index contributed by atoms with van der Waals surface area (Å²) in [5.74, 6) is 0.667. The topological polar surface area (TPSA) is 61.4 Å². The number of thioether (sulfide) groups is 1. The molecule has 6 heteroatoms. The van der Waals surface area contributed by atoms with E-state index in [0.717, 1.165) is 23.7 Å². The van der Waals surface area contributed by atoms with E-state index in [4.69, 9.17) is 0 Å². The smallest absolute Gasteiger partial charge is 0.323 e. The summed E-state index contributed by atoms with van der Waals surface area (Å²) in [6, 6.07) is 9.77. The second-order valence-electron chi connectivity index (χ2n) is 5.38. The van der Waals surface area contributed by atoms with Crippen LogP contribution in [0.3, 0.4) is 0 Å². The Hall–Kier alpha value is -1.53. The van der Waals surface area contributed by atoms with Gasteiger partial charge in [0.25, 0.3) is 5.91 Å². The number of carbonyl (C=O) groups excluding carboxylic acids is 2. The number of amides is 3. The van der Waals surface area contributed by atoms with Gasteiger partial charge < -0.3 is 10.6 Å². The largest absolute Gasteiger partial charge is 0.325 e. The summed E-state index contributed by atoms with van der Waals surface area (Å²) in [6.45, 7) is 2.01. The molecule has 3 amide bonds. The average molecular weight is 305 g/mol. The zero-order chi connectivity index (χ0) is 14.7. The third-order valence-corrected chi connectivity index (χ3v) is 5.02. The van der Waals surface area contributed by atoms with Crippen molar-refractivity contribution < 1.29 is 9.59 Å². The fourth-order valence-electron chi connectivity index (χ4n) is 2.84. The van der Waals surface area contributed by atoms with Gasteiger partial charge in [-0.05, 0) is 38.1 Å².